The van der Waals surface area contributed by atoms with Crippen LogP contribution >= 0.6 is 0 Å². The second-order valence-electron chi connectivity index (χ2n) is 2.81. The first-order chi connectivity index (χ1) is 8.02. The molecular formula is C12H14O5. The van der Waals surface area contributed by atoms with Gasteiger partial charge in [-0.1, -0.05) is 6.58 Å². The number of aromatic carboxylic acids is 2. The third kappa shape index (κ3) is 5.99. The van der Waals surface area contributed by atoms with Crippen molar-refractivity contribution in [2.24, 2.45) is 0 Å². The maximum absolute atomic E-state index is 10.3. The van der Waals surface area contributed by atoms with Gasteiger partial charge in [-0.3, -0.25) is 0 Å². The lowest BCUT2D eigenvalue weighted by molar-refractivity contribution is 0.0681. The third-order valence-corrected chi connectivity index (χ3v) is 1.66. The van der Waals surface area contributed by atoms with E-state index in [1.807, 2.05) is 6.92 Å². The van der Waals surface area contributed by atoms with E-state index >= 15 is 0 Å². The Labute approximate surface area is 99.0 Å². The Kier molecular flexibility index (Phi) is 6.85. The van der Waals surface area contributed by atoms with Crippen molar-refractivity contribution in [1.82, 2.24) is 0 Å². The Morgan fingerprint density at radius 2 is 1.53 bits per heavy atom. The molecule has 0 saturated carbocycles. The van der Waals surface area contributed by atoms with E-state index in [0.717, 1.165) is 6.61 Å². The smallest absolute Gasteiger partial charge is 0.335 e. The normalized spacial score (nSPS) is 8.53. The zero-order valence-electron chi connectivity index (χ0n) is 9.42. The molecule has 5 nitrogen and oxygen atoms in total. The Hall–Kier alpha value is -2.30. The number of carboxylic acid groups (broad SMARTS) is 2. The highest BCUT2D eigenvalue weighted by Gasteiger charge is 2.04. The summed E-state index contributed by atoms with van der Waals surface area (Å²) in [5.74, 6) is -2.13. The predicted molar refractivity (Wildman–Crippen MR) is 62.2 cm³/mol. The molecule has 5 heteroatoms. The van der Waals surface area contributed by atoms with Crippen LogP contribution < -0.4 is 0 Å². The summed E-state index contributed by atoms with van der Waals surface area (Å²) in [5.41, 5.74) is 0.167. The molecule has 0 aliphatic heterocycles. The summed E-state index contributed by atoms with van der Waals surface area (Å²) >= 11 is 0. The first-order valence-corrected chi connectivity index (χ1v) is 4.82. The summed E-state index contributed by atoms with van der Waals surface area (Å²) in [6.07, 6.45) is 1.43. The second kappa shape index (κ2) is 7.92. The molecule has 0 radical (unpaired) electrons. The minimum atomic E-state index is -1.06. The SMILES string of the molecule is C=COCC.O=C(O)c1ccc(C(=O)O)cc1. The molecule has 17 heavy (non-hydrogen) atoms. The number of carboxylic acids is 2. The Balaban J connectivity index is 0.000000437. The van der Waals surface area contributed by atoms with Crippen LogP contribution in [0.5, 0.6) is 0 Å². The molecule has 1 aromatic carbocycles. The van der Waals surface area contributed by atoms with Gasteiger partial charge in [0, 0.05) is 0 Å². The summed E-state index contributed by atoms with van der Waals surface area (Å²) in [7, 11) is 0. The number of hydrogen-bond donors (Lipinski definition) is 2. The van der Waals surface area contributed by atoms with E-state index in [2.05, 4.69) is 11.3 Å². The van der Waals surface area contributed by atoms with Gasteiger partial charge in [0.2, 0.25) is 0 Å². The van der Waals surface area contributed by atoms with Gasteiger partial charge in [0.05, 0.1) is 24.0 Å². The van der Waals surface area contributed by atoms with Crippen molar-refractivity contribution in [2.75, 3.05) is 6.61 Å². The molecule has 0 heterocycles. The molecule has 0 atom stereocenters. The van der Waals surface area contributed by atoms with E-state index in [9.17, 15) is 9.59 Å². The van der Waals surface area contributed by atoms with E-state index in [0.29, 0.717) is 0 Å². The van der Waals surface area contributed by atoms with E-state index in [1.54, 1.807) is 0 Å². The molecule has 92 valence electrons. The lowest BCUT2D eigenvalue weighted by atomic mass is 10.1. The van der Waals surface area contributed by atoms with Gasteiger partial charge >= 0.3 is 11.9 Å². The van der Waals surface area contributed by atoms with Crippen LogP contribution in [-0.2, 0) is 4.74 Å². The van der Waals surface area contributed by atoms with Crippen molar-refractivity contribution in [1.29, 1.82) is 0 Å². The molecular weight excluding hydrogens is 224 g/mol. The zero-order valence-corrected chi connectivity index (χ0v) is 9.42. The minimum absolute atomic E-state index is 0.0833. The fourth-order valence-electron chi connectivity index (χ4n) is 0.873. The predicted octanol–water partition coefficient (Wildman–Crippen LogP) is 2.25. The van der Waals surface area contributed by atoms with Crippen molar-refractivity contribution in [3.8, 4) is 0 Å². The fourth-order valence-corrected chi connectivity index (χ4v) is 0.873. The summed E-state index contributed by atoms with van der Waals surface area (Å²) in [6, 6.07) is 5.02. The van der Waals surface area contributed by atoms with Crippen LogP contribution in [0, 0.1) is 0 Å². The average molecular weight is 238 g/mol. The molecule has 0 unspecified atom stereocenters. The van der Waals surface area contributed by atoms with Gasteiger partial charge in [-0.2, -0.15) is 0 Å². The third-order valence-electron chi connectivity index (χ3n) is 1.66. The number of hydrogen-bond acceptors (Lipinski definition) is 3. The van der Waals surface area contributed by atoms with Crippen LogP contribution in [0.25, 0.3) is 0 Å². The van der Waals surface area contributed by atoms with Crippen LogP contribution in [-0.4, -0.2) is 28.8 Å². The highest BCUT2D eigenvalue weighted by molar-refractivity contribution is 5.91. The summed E-state index contributed by atoms with van der Waals surface area (Å²) in [6.45, 7) is 5.97. The molecule has 0 aromatic heterocycles. The average Bonchev–Trinajstić information content (AvgIpc) is 2.31. The van der Waals surface area contributed by atoms with Crippen LogP contribution in [0.3, 0.4) is 0 Å². The summed E-state index contributed by atoms with van der Waals surface area (Å²) in [4.78, 5) is 20.7. The van der Waals surface area contributed by atoms with Crippen molar-refractivity contribution in [3.05, 3.63) is 48.2 Å². The minimum Gasteiger partial charge on any atom is -0.502 e. The number of benzene rings is 1. The molecule has 1 aromatic rings. The van der Waals surface area contributed by atoms with Gasteiger partial charge in [-0.15, -0.1) is 0 Å². The van der Waals surface area contributed by atoms with Crippen LogP contribution in [0.2, 0.25) is 0 Å². The van der Waals surface area contributed by atoms with Crippen molar-refractivity contribution in [3.63, 3.8) is 0 Å². The second-order valence-corrected chi connectivity index (χ2v) is 2.81. The molecule has 0 spiro atoms. The van der Waals surface area contributed by atoms with Gasteiger partial charge in [0.1, 0.15) is 0 Å². The van der Waals surface area contributed by atoms with Crippen molar-refractivity contribution < 1.29 is 24.5 Å². The van der Waals surface area contributed by atoms with Crippen molar-refractivity contribution >= 4 is 11.9 Å². The van der Waals surface area contributed by atoms with Gasteiger partial charge in [-0.25, -0.2) is 9.59 Å². The first kappa shape index (κ1) is 14.7. The Bertz CT molecular complexity index is 347. The van der Waals surface area contributed by atoms with Crippen LogP contribution in [0.15, 0.2) is 37.1 Å². The largest absolute Gasteiger partial charge is 0.502 e. The molecule has 0 bridgehead atoms. The lowest BCUT2D eigenvalue weighted by Gasteiger charge is -1.94. The molecule has 2 N–H and O–H groups in total. The molecule has 1 rings (SSSR count). The number of carbonyl (C=O) groups is 2. The molecule has 0 amide bonds. The highest BCUT2D eigenvalue weighted by Crippen LogP contribution is 2.03. The maximum atomic E-state index is 10.3. The van der Waals surface area contributed by atoms with Crippen LogP contribution in [0.4, 0.5) is 0 Å². The number of ether oxygens (including phenoxy) is 1. The van der Waals surface area contributed by atoms with Gasteiger partial charge in [0.15, 0.2) is 0 Å². The molecule has 0 saturated heterocycles. The maximum Gasteiger partial charge on any atom is 0.335 e. The quantitative estimate of drug-likeness (QED) is 0.786. The fraction of sp³-hybridized carbons (Fsp3) is 0.167. The summed E-state index contributed by atoms with van der Waals surface area (Å²) < 4.78 is 4.60. The standard InChI is InChI=1S/C8H6O4.C4H8O/c9-7(10)5-1-2-6(4-3-5)8(11)12;1-3-5-4-2/h1-4H,(H,9,10)(H,11,12);3H,1,4H2,2H3. The van der Waals surface area contributed by atoms with Crippen LogP contribution in [0.1, 0.15) is 27.6 Å². The first-order valence-electron chi connectivity index (χ1n) is 4.82. The molecule has 0 fully saturated rings. The van der Waals surface area contributed by atoms with E-state index in [1.165, 1.54) is 30.5 Å². The number of rotatable bonds is 4. The van der Waals surface area contributed by atoms with Gasteiger partial charge in [-0.05, 0) is 31.2 Å². The molecule has 0 aliphatic rings. The van der Waals surface area contributed by atoms with Gasteiger partial charge in [0.25, 0.3) is 0 Å². The zero-order chi connectivity index (χ0) is 13.3. The Morgan fingerprint density at radius 3 is 1.65 bits per heavy atom. The summed E-state index contributed by atoms with van der Waals surface area (Å²) in [5, 5.41) is 16.9. The lowest BCUT2D eigenvalue weighted by Crippen LogP contribution is -1.99. The monoisotopic (exact) mass is 238 g/mol. The molecule has 0 aliphatic carbocycles. The van der Waals surface area contributed by atoms with E-state index in [-0.39, 0.29) is 11.1 Å². The van der Waals surface area contributed by atoms with E-state index in [4.69, 9.17) is 10.2 Å². The van der Waals surface area contributed by atoms with E-state index < -0.39 is 11.9 Å². The topological polar surface area (TPSA) is 83.8 Å². The Morgan fingerprint density at radius 1 is 1.18 bits per heavy atom. The van der Waals surface area contributed by atoms with Crippen molar-refractivity contribution in [2.45, 2.75) is 6.92 Å². The van der Waals surface area contributed by atoms with Gasteiger partial charge < -0.3 is 14.9 Å². The highest BCUT2D eigenvalue weighted by atomic mass is 16.5.